The molecule has 1 atom stereocenters. The summed E-state index contributed by atoms with van der Waals surface area (Å²) in [5, 5.41) is 0. The number of rotatable bonds is 4. The molecule has 0 unspecified atom stereocenters. The van der Waals surface area contributed by atoms with Gasteiger partial charge in [-0.2, -0.15) is 0 Å². The highest BCUT2D eigenvalue weighted by atomic mass is 19.1. The quantitative estimate of drug-likeness (QED) is 0.884. The Morgan fingerprint density at radius 2 is 2.06 bits per heavy atom. The Hall–Kier alpha value is -1.09. The van der Waals surface area contributed by atoms with Crippen molar-refractivity contribution < 1.29 is 4.39 Å². The van der Waals surface area contributed by atoms with Crippen LogP contribution >= 0.6 is 0 Å². The fraction of sp³-hybridized carbons (Fsp3) is 0.600. The normalized spacial score (nSPS) is 18.0. The Kier molecular flexibility index (Phi) is 4.23. The molecule has 2 N–H and O–H groups in total. The fourth-order valence-electron chi connectivity index (χ4n) is 2.99. The molecule has 1 aromatic rings. The van der Waals surface area contributed by atoms with E-state index in [9.17, 15) is 4.39 Å². The maximum Gasteiger partial charge on any atom is 0.123 e. The van der Waals surface area contributed by atoms with Gasteiger partial charge >= 0.3 is 0 Å². The molecule has 0 spiro atoms. The van der Waals surface area contributed by atoms with E-state index in [4.69, 9.17) is 5.73 Å². The molecule has 0 aliphatic heterocycles. The van der Waals surface area contributed by atoms with Crippen LogP contribution in [-0.4, -0.2) is 12.6 Å². The van der Waals surface area contributed by atoms with Crippen LogP contribution in [0.2, 0.25) is 0 Å². The van der Waals surface area contributed by atoms with Gasteiger partial charge in [-0.3, -0.25) is 0 Å². The fourth-order valence-corrected chi connectivity index (χ4v) is 2.99. The molecule has 0 radical (unpaired) electrons. The van der Waals surface area contributed by atoms with Crippen molar-refractivity contribution in [1.82, 2.24) is 0 Å². The van der Waals surface area contributed by atoms with Crippen LogP contribution in [-0.2, 0) is 0 Å². The summed E-state index contributed by atoms with van der Waals surface area (Å²) >= 11 is 0. The van der Waals surface area contributed by atoms with Crippen LogP contribution in [0, 0.1) is 5.82 Å². The lowest BCUT2D eigenvalue weighted by atomic mass is 10.0. The number of hydrogen-bond acceptors (Lipinski definition) is 2. The van der Waals surface area contributed by atoms with Gasteiger partial charge in [-0.15, -0.1) is 0 Å². The highest BCUT2D eigenvalue weighted by Gasteiger charge is 2.24. The second-order valence-electron chi connectivity index (χ2n) is 5.22. The molecule has 0 saturated heterocycles. The van der Waals surface area contributed by atoms with E-state index in [0.29, 0.717) is 6.04 Å². The van der Waals surface area contributed by atoms with Crippen molar-refractivity contribution in [2.75, 3.05) is 11.4 Å². The minimum atomic E-state index is -0.200. The molecular weight excluding hydrogens is 227 g/mol. The zero-order valence-corrected chi connectivity index (χ0v) is 11.3. The molecule has 1 fully saturated rings. The standard InChI is InChI=1S/C15H23FN2/c1-3-18(13-6-4-5-7-13)15-9-8-12(16)10-14(15)11(2)17/h8-11,13H,3-7,17H2,1-2H3/t11-/m1/s1. The topological polar surface area (TPSA) is 29.3 Å². The van der Waals surface area contributed by atoms with E-state index in [0.717, 1.165) is 17.8 Å². The molecular formula is C15H23FN2. The van der Waals surface area contributed by atoms with Gasteiger partial charge in [0, 0.05) is 24.3 Å². The van der Waals surface area contributed by atoms with E-state index >= 15 is 0 Å². The van der Waals surface area contributed by atoms with Crippen LogP contribution in [0.5, 0.6) is 0 Å². The van der Waals surface area contributed by atoms with E-state index in [1.807, 2.05) is 13.0 Å². The predicted octanol–water partition coefficient (Wildman–Crippen LogP) is 3.61. The molecule has 0 aromatic heterocycles. The molecule has 0 heterocycles. The average molecular weight is 250 g/mol. The molecule has 1 aromatic carbocycles. The summed E-state index contributed by atoms with van der Waals surface area (Å²) in [6.45, 7) is 5.03. The van der Waals surface area contributed by atoms with Crippen LogP contribution in [0.4, 0.5) is 10.1 Å². The first-order valence-corrected chi connectivity index (χ1v) is 6.95. The smallest absolute Gasteiger partial charge is 0.123 e. The van der Waals surface area contributed by atoms with Crippen molar-refractivity contribution in [2.24, 2.45) is 5.73 Å². The summed E-state index contributed by atoms with van der Waals surface area (Å²) in [6, 6.07) is 5.47. The zero-order chi connectivity index (χ0) is 13.1. The van der Waals surface area contributed by atoms with E-state index in [-0.39, 0.29) is 11.9 Å². The van der Waals surface area contributed by atoms with Gasteiger partial charge in [0.05, 0.1) is 0 Å². The minimum absolute atomic E-state index is 0.133. The predicted molar refractivity (Wildman–Crippen MR) is 74.3 cm³/mol. The third kappa shape index (κ3) is 2.66. The zero-order valence-electron chi connectivity index (χ0n) is 11.3. The van der Waals surface area contributed by atoms with Crippen molar-refractivity contribution in [3.8, 4) is 0 Å². The molecule has 3 heteroatoms. The van der Waals surface area contributed by atoms with Crippen LogP contribution in [0.3, 0.4) is 0 Å². The van der Waals surface area contributed by atoms with Gasteiger partial charge in [0.1, 0.15) is 5.82 Å². The van der Waals surface area contributed by atoms with Crippen LogP contribution < -0.4 is 10.6 Å². The van der Waals surface area contributed by atoms with Gasteiger partial charge in [-0.1, -0.05) is 12.8 Å². The molecule has 100 valence electrons. The maximum absolute atomic E-state index is 13.4. The molecule has 18 heavy (non-hydrogen) atoms. The molecule has 0 bridgehead atoms. The number of halogens is 1. The third-order valence-corrected chi connectivity index (χ3v) is 3.90. The van der Waals surface area contributed by atoms with E-state index < -0.39 is 0 Å². The Bertz CT molecular complexity index is 397. The lowest BCUT2D eigenvalue weighted by Crippen LogP contribution is -2.34. The maximum atomic E-state index is 13.4. The van der Waals surface area contributed by atoms with Gasteiger partial charge in [0.15, 0.2) is 0 Å². The molecule has 1 aliphatic carbocycles. The Labute approximate surface area is 109 Å². The minimum Gasteiger partial charge on any atom is -0.369 e. The first kappa shape index (κ1) is 13.3. The average Bonchev–Trinajstić information content (AvgIpc) is 2.85. The highest BCUT2D eigenvalue weighted by Crippen LogP contribution is 2.32. The van der Waals surface area contributed by atoms with Crippen molar-refractivity contribution >= 4 is 5.69 Å². The lowest BCUT2D eigenvalue weighted by Gasteiger charge is -2.32. The van der Waals surface area contributed by atoms with E-state index in [2.05, 4.69) is 11.8 Å². The van der Waals surface area contributed by atoms with Crippen LogP contribution in [0.1, 0.15) is 51.1 Å². The molecule has 2 nitrogen and oxygen atoms in total. The van der Waals surface area contributed by atoms with Crippen LogP contribution in [0.15, 0.2) is 18.2 Å². The molecule has 1 aliphatic rings. The Morgan fingerprint density at radius 3 is 2.61 bits per heavy atom. The second kappa shape index (κ2) is 5.70. The van der Waals surface area contributed by atoms with Gasteiger partial charge in [0.2, 0.25) is 0 Å². The number of hydrogen-bond donors (Lipinski definition) is 1. The number of anilines is 1. The summed E-state index contributed by atoms with van der Waals surface area (Å²) in [5.41, 5.74) is 8.01. The molecule has 0 amide bonds. The highest BCUT2D eigenvalue weighted by molar-refractivity contribution is 5.56. The van der Waals surface area contributed by atoms with Crippen molar-refractivity contribution in [3.05, 3.63) is 29.6 Å². The summed E-state index contributed by atoms with van der Waals surface area (Å²) in [6.07, 6.45) is 5.08. The Balaban J connectivity index is 2.34. The monoisotopic (exact) mass is 250 g/mol. The van der Waals surface area contributed by atoms with E-state index in [1.165, 1.54) is 25.7 Å². The first-order chi connectivity index (χ1) is 8.63. The Morgan fingerprint density at radius 1 is 1.39 bits per heavy atom. The van der Waals surface area contributed by atoms with Crippen molar-refractivity contribution in [1.29, 1.82) is 0 Å². The molecule has 2 rings (SSSR count). The van der Waals surface area contributed by atoms with Gasteiger partial charge < -0.3 is 10.6 Å². The summed E-state index contributed by atoms with van der Waals surface area (Å²) in [4.78, 5) is 2.39. The largest absolute Gasteiger partial charge is 0.369 e. The van der Waals surface area contributed by atoms with E-state index in [1.54, 1.807) is 12.1 Å². The van der Waals surface area contributed by atoms with Gasteiger partial charge in [-0.05, 0) is 50.5 Å². The summed E-state index contributed by atoms with van der Waals surface area (Å²) in [7, 11) is 0. The second-order valence-corrected chi connectivity index (χ2v) is 5.22. The SMILES string of the molecule is CCN(c1ccc(F)cc1[C@@H](C)N)C1CCCC1. The first-order valence-electron chi connectivity index (χ1n) is 6.95. The van der Waals surface area contributed by atoms with Crippen molar-refractivity contribution in [2.45, 2.75) is 51.6 Å². The number of nitrogens with zero attached hydrogens (tertiary/aromatic N) is 1. The van der Waals surface area contributed by atoms with Gasteiger partial charge in [0.25, 0.3) is 0 Å². The van der Waals surface area contributed by atoms with Crippen molar-refractivity contribution in [3.63, 3.8) is 0 Å². The summed E-state index contributed by atoms with van der Waals surface area (Å²) < 4.78 is 13.4. The number of benzene rings is 1. The summed E-state index contributed by atoms with van der Waals surface area (Å²) in [5.74, 6) is -0.200. The van der Waals surface area contributed by atoms with Crippen LogP contribution in [0.25, 0.3) is 0 Å². The van der Waals surface area contributed by atoms with Gasteiger partial charge in [-0.25, -0.2) is 4.39 Å². The lowest BCUT2D eigenvalue weighted by molar-refractivity contribution is 0.603. The third-order valence-electron chi connectivity index (χ3n) is 3.90. The molecule has 1 saturated carbocycles. The number of nitrogens with two attached hydrogens (primary N) is 1.